The van der Waals surface area contributed by atoms with Gasteiger partial charge in [0.25, 0.3) is 0 Å². The molecular weight excluding hydrogens is 358 g/mol. The summed E-state index contributed by atoms with van der Waals surface area (Å²) in [5, 5.41) is 9.33. The van der Waals surface area contributed by atoms with Gasteiger partial charge in [0.15, 0.2) is 5.16 Å². The van der Waals surface area contributed by atoms with Crippen LogP contribution in [0.25, 0.3) is 0 Å². The molecule has 0 N–H and O–H groups in total. The summed E-state index contributed by atoms with van der Waals surface area (Å²) in [5.41, 5.74) is 3.95. The SMILES string of the molecule is Cc1cccc(N2CCN(C(=O)CSc3nnc(C)n3C3CC3)CC2)c1C. The van der Waals surface area contributed by atoms with Crippen molar-refractivity contribution in [2.75, 3.05) is 36.8 Å². The lowest BCUT2D eigenvalue weighted by Crippen LogP contribution is -2.49. The van der Waals surface area contributed by atoms with E-state index in [4.69, 9.17) is 0 Å². The van der Waals surface area contributed by atoms with E-state index in [1.165, 1.54) is 41.4 Å². The first-order chi connectivity index (χ1) is 13.0. The molecule has 0 spiro atoms. The summed E-state index contributed by atoms with van der Waals surface area (Å²) in [6.07, 6.45) is 2.39. The Morgan fingerprint density at radius 3 is 2.56 bits per heavy atom. The molecule has 4 rings (SSSR count). The molecule has 2 aliphatic rings. The van der Waals surface area contributed by atoms with Gasteiger partial charge in [0.05, 0.1) is 5.75 Å². The first kappa shape index (κ1) is 18.3. The third-order valence-electron chi connectivity index (χ3n) is 5.62. The van der Waals surface area contributed by atoms with Gasteiger partial charge in [0, 0.05) is 37.9 Å². The van der Waals surface area contributed by atoms with Gasteiger partial charge in [-0.15, -0.1) is 10.2 Å². The smallest absolute Gasteiger partial charge is 0.233 e. The van der Waals surface area contributed by atoms with Crippen molar-refractivity contribution in [1.29, 1.82) is 0 Å². The first-order valence-electron chi connectivity index (χ1n) is 9.68. The number of thioether (sulfide) groups is 1. The Balaban J connectivity index is 1.32. The van der Waals surface area contributed by atoms with Crippen molar-refractivity contribution in [2.45, 2.75) is 44.8 Å². The molecule has 2 heterocycles. The third kappa shape index (κ3) is 3.83. The molecule has 1 saturated carbocycles. The molecule has 144 valence electrons. The fourth-order valence-electron chi connectivity index (χ4n) is 3.69. The number of carbonyl (C=O) groups excluding carboxylic acids is 1. The summed E-state index contributed by atoms with van der Waals surface area (Å²) in [4.78, 5) is 17.0. The number of carbonyl (C=O) groups is 1. The number of rotatable bonds is 5. The zero-order valence-corrected chi connectivity index (χ0v) is 17.1. The van der Waals surface area contributed by atoms with Crippen molar-refractivity contribution in [3.63, 3.8) is 0 Å². The zero-order chi connectivity index (χ0) is 19.0. The number of amides is 1. The van der Waals surface area contributed by atoms with Crippen LogP contribution in [-0.2, 0) is 4.79 Å². The maximum Gasteiger partial charge on any atom is 0.233 e. The van der Waals surface area contributed by atoms with Crippen LogP contribution in [0.1, 0.15) is 35.8 Å². The predicted molar refractivity (Wildman–Crippen MR) is 108 cm³/mol. The van der Waals surface area contributed by atoms with Gasteiger partial charge in [-0.3, -0.25) is 4.79 Å². The van der Waals surface area contributed by atoms with Gasteiger partial charge < -0.3 is 14.4 Å². The van der Waals surface area contributed by atoms with Crippen LogP contribution in [0.4, 0.5) is 5.69 Å². The fourth-order valence-corrected chi connectivity index (χ4v) is 4.65. The number of piperazine rings is 1. The molecular formula is C20H27N5OS. The van der Waals surface area contributed by atoms with Gasteiger partial charge in [-0.05, 0) is 50.8 Å². The molecule has 0 bridgehead atoms. The van der Waals surface area contributed by atoms with Crippen LogP contribution in [0.2, 0.25) is 0 Å². The summed E-state index contributed by atoms with van der Waals surface area (Å²) in [6, 6.07) is 6.99. The molecule has 2 aromatic rings. The quantitative estimate of drug-likeness (QED) is 0.741. The van der Waals surface area contributed by atoms with Crippen molar-refractivity contribution < 1.29 is 4.79 Å². The monoisotopic (exact) mass is 385 g/mol. The Labute approximate surface area is 164 Å². The molecule has 6 nitrogen and oxygen atoms in total. The highest BCUT2D eigenvalue weighted by atomic mass is 32.2. The Kier molecular flexibility index (Phi) is 5.12. The van der Waals surface area contributed by atoms with Gasteiger partial charge in [-0.1, -0.05) is 23.9 Å². The normalized spacial score (nSPS) is 17.4. The van der Waals surface area contributed by atoms with Gasteiger partial charge in [0.2, 0.25) is 5.91 Å². The van der Waals surface area contributed by atoms with E-state index in [9.17, 15) is 4.79 Å². The van der Waals surface area contributed by atoms with E-state index in [2.05, 4.69) is 51.7 Å². The summed E-state index contributed by atoms with van der Waals surface area (Å²) in [6.45, 7) is 9.65. The Hall–Kier alpha value is -2.02. The highest BCUT2D eigenvalue weighted by molar-refractivity contribution is 7.99. The number of aromatic nitrogens is 3. The molecule has 1 aromatic carbocycles. The van der Waals surface area contributed by atoms with Crippen molar-refractivity contribution in [3.05, 3.63) is 35.2 Å². The summed E-state index contributed by atoms with van der Waals surface area (Å²) in [7, 11) is 0. The van der Waals surface area contributed by atoms with Gasteiger partial charge >= 0.3 is 0 Å². The van der Waals surface area contributed by atoms with Crippen LogP contribution in [-0.4, -0.2) is 57.5 Å². The predicted octanol–water partition coefficient (Wildman–Crippen LogP) is 2.98. The number of hydrogen-bond donors (Lipinski definition) is 0. The molecule has 1 amide bonds. The molecule has 0 atom stereocenters. The minimum absolute atomic E-state index is 0.198. The van der Waals surface area contributed by atoms with Crippen molar-refractivity contribution in [1.82, 2.24) is 19.7 Å². The molecule has 27 heavy (non-hydrogen) atoms. The van der Waals surface area contributed by atoms with Crippen LogP contribution in [0.3, 0.4) is 0 Å². The second-order valence-corrected chi connectivity index (χ2v) is 8.45. The maximum absolute atomic E-state index is 12.7. The van der Waals surface area contributed by atoms with E-state index in [0.29, 0.717) is 11.8 Å². The number of anilines is 1. The van der Waals surface area contributed by atoms with E-state index in [0.717, 1.165) is 37.2 Å². The van der Waals surface area contributed by atoms with Crippen LogP contribution in [0.15, 0.2) is 23.4 Å². The van der Waals surface area contributed by atoms with Crippen molar-refractivity contribution in [2.24, 2.45) is 0 Å². The third-order valence-corrected chi connectivity index (χ3v) is 6.55. The van der Waals surface area contributed by atoms with E-state index < -0.39 is 0 Å². The fraction of sp³-hybridized carbons (Fsp3) is 0.550. The number of aryl methyl sites for hydroxylation is 2. The minimum Gasteiger partial charge on any atom is -0.368 e. The highest BCUT2D eigenvalue weighted by Crippen LogP contribution is 2.38. The second-order valence-electron chi connectivity index (χ2n) is 7.51. The van der Waals surface area contributed by atoms with Gasteiger partial charge in [0.1, 0.15) is 5.82 Å². The minimum atomic E-state index is 0.198. The molecule has 1 saturated heterocycles. The Morgan fingerprint density at radius 1 is 1.11 bits per heavy atom. The van der Waals surface area contributed by atoms with Crippen LogP contribution in [0.5, 0.6) is 0 Å². The number of hydrogen-bond acceptors (Lipinski definition) is 5. The van der Waals surface area contributed by atoms with Crippen LogP contribution >= 0.6 is 11.8 Å². The average Bonchev–Trinajstić information content (AvgIpc) is 3.44. The largest absolute Gasteiger partial charge is 0.368 e. The molecule has 2 fully saturated rings. The van der Waals surface area contributed by atoms with Crippen LogP contribution in [0, 0.1) is 20.8 Å². The lowest BCUT2D eigenvalue weighted by molar-refractivity contribution is -0.128. The van der Waals surface area contributed by atoms with E-state index in [1.807, 2.05) is 11.8 Å². The van der Waals surface area contributed by atoms with E-state index in [-0.39, 0.29) is 5.91 Å². The van der Waals surface area contributed by atoms with Crippen molar-refractivity contribution >= 4 is 23.4 Å². The Bertz CT molecular complexity index is 837. The molecule has 7 heteroatoms. The van der Waals surface area contributed by atoms with E-state index >= 15 is 0 Å². The summed E-state index contributed by atoms with van der Waals surface area (Å²) < 4.78 is 2.19. The lowest BCUT2D eigenvalue weighted by atomic mass is 10.1. The molecule has 1 aliphatic carbocycles. The molecule has 1 aromatic heterocycles. The van der Waals surface area contributed by atoms with Gasteiger partial charge in [-0.2, -0.15) is 0 Å². The first-order valence-corrected chi connectivity index (χ1v) is 10.7. The molecule has 1 aliphatic heterocycles. The second kappa shape index (κ2) is 7.54. The highest BCUT2D eigenvalue weighted by Gasteiger charge is 2.29. The van der Waals surface area contributed by atoms with Crippen LogP contribution < -0.4 is 4.90 Å². The number of benzene rings is 1. The average molecular weight is 386 g/mol. The standard InChI is InChI=1S/C20H27N5OS/c1-14-5-4-6-18(15(14)2)23-9-11-24(12-10-23)19(26)13-27-20-22-21-16(3)25(20)17-7-8-17/h4-6,17H,7-13H2,1-3H3. The Morgan fingerprint density at radius 2 is 1.85 bits per heavy atom. The topological polar surface area (TPSA) is 54.3 Å². The lowest BCUT2D eigenvalue weighted by Gasteiger charge is -2.37. The summed E-state index contributed by atoms with van der Waals surface area (Å²) >= 11 is 1.52. The summed E-state index contributed by atoms with van der Waals surface area (Å²) in [5.74, 6) is 1.59. The van der Waals surface area contributed by atoms with E-state index in [1.54, 1.807) is 0 Å². The number of nitrogens with zero attached hydrogens (tertiary/aromatic N) is 5. The van der Waals surface area contributed by atoms with Crippen molar-refractivity contribution in [3.8, 4) is 0 Å². The maximum atomic E-state index is 12.7. The molecule has 0 radical (unpaired) electrons. The molecule has 0 unspecified atom stereocenters. The van der Waals surface area contributed by atoms with Gasteiger partial charge in [-0.25, -0.2) is 0 Å². The zero-order valence-electron chi connectivity index (χ0n) is 16.3.